The molecule has 0 radical (unpaired) electrons. The smallest absolute Gasteiger partial charge is 0.146 e. The molecule has 0 aliphatic carbocycles. The van der Waals surface area contributed by atoms with E-state index < -0.39 is 30.1 Å². The molecule has 11 heavy (non-hydrogen) atoms. The Labute approximate surface area is 62.6 Å². The summed E-state index contributed by atoms with van der Waals surface area (Å²) in [7, 11) is 0. The van der Waals surface area contributed by atoms with E-state index in [0.29, 0.717) is 0 Å². The number of aliphatic carboxylic acids is 2. The van der Waals surface area contributed by atoms with Crippen molar-refractivity contribution in [3.63, 3.8) is 0 Å². The lowest BCUT2D eigenvalue weighted by Crippen LogP contribution is -2.37. The standard InChI is InChI=1S/C6H8O5/c1-3(6(10)11)4(7)2-5(8)9/h3H,2H2,1H3,(H,8,9)(H,10,11)/p-2. The van der Waals surface area contributed by atoms with Gasteiger partial charge in [-0.3, -0.25) is 4.79 Å². The summed E-state index contributed by atoms with van der Waals surface area (Å²) in [6.45, 7) is 1.07. The topological polar surface area (TPSA) is 97.3 Å². The number of carbonyl (C=O) groups excluding carboxylic acids is 3. The monoisotopic (exact) mass is 158 g/mol. The van der Waals surface area contributed by atoms with Crippen LogP contribution in [0.15, 0.2) is 0 Å². The lowest BCUT2D eigenvalue weighted by atomic mass is 10.0. The lowest BCUT2D eigenvalue weighted by Gasteiger charge is -2.10. The molecule has 0 aliphatic rings. The highest BCUT2D eigenvalue weighted by Crippen LogP contribution is 1.97. The van der Waals surface area contributed by atoms with Gasteiger partial charge in [0.05, 0.1) is 11.9 Å². The molecule has 1 unspecified atom stereocenters. The molecule has 0 rings (SSSR count). The molecule has 0 aromatic carbocycles. The van der Waals surface area contributed by atoms with E-state index in [4.69, 9.17) is 0 Å². The molecule has 5 nitrogen and oxygen atoms in total. The van der Waals surface area contributed by atoms with Crippen molar-refractivity contribution in [3.05, 3.63) is 0 Å². The SMILES string of the molecule is CC(C(=O)[O-])C(=O)CC(=O)[O-]. The third kappa shape index (κ3) is 3.34. The first-order valence-electron chi connectivity index (χ1n) is 2.88. The average Bonchev–Trinajstić information content (AvgIpc) is 1.84. The highest BCUT2D eigenvalue weighted by atomic mass is 16.4. The molecule has 0 heterocycles. The molecule has 62 valence electrons. The van der Waals surface area contributed by atoms with Crippen LogP contribution in [-0.4, -0.2) is 17.7 Å². The summed E-state index contributed by atoms with van der Waals surface area (Å²) in [6.07, 6.45) is -0.880. The molecule has 0 saturated carbocycles. The van der Waals surface area contributed by atoms with Gasteiger partial charge in [-0.05, 0) is 0 Å². The number of ketones is 1. The number of carboxylic acid groups (broad SMARTS) is 2. The average molecular weight is 158 g/mol. The van der Waals surface area contributed by atoms with E-state index in [2.05, 4.69) is 0 Å². The number of hydrogen-bond donors (Lipinski definition) is 0. The van der Waals surface area contributed by atoms with Crippen LogP contribution >= 0.6 is 0 Å². The Kier molecular flexibility index (Phi) is 3.23. The summed E-state index contributed by atoms with van der Waals surface area (Å²) in [6, 6.07) is 0. The fraction of sp³-hybridized carbons (Fsp3) is 0.500. The number of carbonyl (C=O) groups is 3. The molecular weight excluding hydrogens is 152 g/mol. The first-order chi connectivity index (χ1) is 4.95. The van der Waals surface area contributed by atoms with Crippen LogP contribution in [-0.2, 0) is 14.4 Å². The minimum atomic E-state index is -1.58. The van der Waals surface area contributed by atoms with Gasteiger partial charge >= 0.3 is 0 Å². The normalized spacial score (nSPS) is 12.1. The predicted molar refractivity (Wildman–Crippen MR) is 28.8 cm³/mol. The van der Waals surface area contributed by atoms with Crippen molar-refractivity contribution in [1.82, 2.24) is 0 Å². The van der Waals surface area contributed by atoms with Gasteiger partial charge in [-0.15, -0.1) is 0 Å². The van der Waals surface area contributed by atoms with E-state index in [1.165, 1.54) is 0 Å². The minimum Gasteiger partial charge on any atom is -0.550 e. The van der Waals surface area contributed by atoms with E-state index >= 15 is 0 Å². The summed E-state index contributed by atoms with van der Waals surface area (Å²) in [4.78, 5) is 30.3. The molecular formula is C6H6O5-2. The van der Waals surface area contributed by atoms with Crippen LogP contribution in [0.1, 0.15) is 13.3 Å². The predicted octanol–water partition coefficient (Wildman–Crippen LogP) is -2.92. The van der Waals surface area contributed by atoms with Gasteiger partial charge in [0.1, 0.15) is 5.78 Å². The molecule has 0 spiro atoms. The van der Waals surface area contributed by atoms with Gasteiger partial charge in [-0.25, -0.2) is 0 Å². The van der Waals surface area contributed by atoms with Crippen molar-refractivity contribution in [3.8, 4) is 0 Å². The number of rotatable bonds is 4. The lowest BCUT2D eigenvalue weighted by molar-refractivity contribution is -0.309. The quantitative estimate of drug-likeness (QED) is 0.408. The first kappa shape index (κ1) is 9.61. The van der Waals surface area contributed by atoms with Crippen LogP contribution in [0, 0.1) is 5.92 Å². The zero-order valence-electron chi connectivity index (χ0n) is 5.83. The number of hydrogen-bond acceptors (Lipinski definition) is 5. The fourth-order valence-corrected chi connectivity index (χ4v) is 0.427. The molecule has 0 amide bonds. The highest BCUT2D eigenvalue weighted by molar-refractivity contribution is 6.03. The third-order valence-corrected chi connectivity index (χ3v) is 1.16. The molecule has 0 N–H and O–H groups in total. The van der Waals surface area contributed by atoms with E-state index in [1.807, 2.05) is 0 Å². The van der Waals surface area contributed by atoms with Gasteiger partial charge < -0.3 is 19.8 Å². The van der Waals surface area contributed by atoms with Crippen molar-refractivity contribution >= 4 is 17.7 Å². The minimum absolute atomic E-state index is 0.880. The van der Waals surface area contributed by atoms with Crippen LogP contribution in [0.2, 0.25) is 0 Å². The Hall–Kier alpha value is -1.39. The second-order valence-corrected chi connectivity index (χ2v) is 2.06. The van der Waals surface area contributed by atoms with Gasteiger partial charge in [0.15, 0.2) is 0 Å². The second kappa shape index (κ2) is 3.70. The Bertz CT molecular complexity index is 195. The van der Waals surface area contributed by atoms with Crippen molar-refractivity contribution in [2.45, 2.75) is 13.3 Å². The first-order valence-corrected chi connectivity index (χ1v) is 2.88. The highest BCUT2D eigenvalue weighted by Gasteiger charge is 2.13. The van der Waals surface area contributed by atoms with Gasteiger partial charge in [-0.1, -0.05) is 6.92 Å². The molecule has 0 aromatic rings. The van der Waals surface area contributed by atoms with E-state index in [9.17, 15) is 24.6 Å². The maximum Gasteiger partial charge on any atom is 0.146 e. The Morgan fingerprint density at radius 3 is 2.00 bits per heavy atom. The van der Waals surface area contributed by atoms with Crippen LogP contribution in [0.4, 0.5) is 0 Å². The Morgan fingerprint density at radius 2 is 1.73 bits per heavy atom. The molecule has 0 bridgehead atoms. The number of Topliss-reactive ketones (excluding diaryl/α,β-unsaturated/α-hetero) is 1. The van der Waals surface area contributed by atoms with E-state index in [-0.39, 0.29) is 0 Å². The molecule has 0 aliphatic heterocycles. The Morgan fingerprint density at radius 1 is 1.27 bits per heavy atom. The maximum absolute atomic E-state index is 10.6. The van der Waals surface area contributed by atoms with Crippen LogP contribution in [0.3, 0.4) is 0 Å². The summed E-state index contributed by atoms with van der Waals surface area (Å²) >= 11 is 0. The van der Waals surface area contributed by atoms with Crippen molar-refractivity contribution in [1.29, 1.82) is 0 Å². The fourth-order valence-electron chi connectivity index (χ4n) is 0.427. The molecule has 0 aromatic heterocycles. The zero-order valence-corrected chi connectivity index (χ0v) is 5.83. The van der Waals surface area contributed by atoms with Crippen LogP contribution in [0.25, 0.3) is 0 Å². The Balaban J connectivity index is 4.04. The van der Waals surface area contributed by atoms with Gasteiger partial charge in [0.25, 0.3) is 0 Å². The van der Waals surface area contributed by atoms with Crippen molar-refractivity contribution in [2.24, 2.45) is 5.92 Å². The van der Waals surface area contributed by atoms with Crippen molar-refractivity contribution in [2.75, 3.05) is 0 Å². The van der Waals surface area contributed by atoms with E-state index in [0.717, 1.165) is 6.92 Å². The zero-order chi connectivity index (χ0) is 9.02. The summed E-state index contributed by atoms with van der Waals surface area (Å²) in [5.74, 6) is -5.45. The van der Waals surface area contributed by atoms with Crippen LogP contribution < -0.4 is 10.2 Å². The summed E-state index contributed by atoms with van der Waals surface area (Å²) in [5.41, 5.74) is 0. The molecule has 5 heteroatoms. The van der Waals surface area contributed by atoms with Crippen molar-refractivity contribution < 1.29 is 24.6 Å². The third-order valence-electron chi connectivity index (χ3n) is 1.16. The summed E-state index contributed by atoms with van der Waals surface area (Å²) in [5, 5.41) is 19.8. The van der Waals surface area contributed by atoms with Gasteiger partial charge in [-0.2, -0.15) is 0 Å². The maximum atomic E-state index is 10.6. The molecule has 0 fully saturated rings. The number of carboxylic acids is 2. The second-order valence-electron chi connectivity index (χ2n) is 2.06. The van der Waals surface area contributed by atoms with Crippen LogP contribution in [0.5, 0.6) is 0 Å². The summed E-state index contributed by atoms with van der Waals surface area (Å²) < 4.78 is 0. The van der Waals surface area contributed by atoms with Gasteiger partial charge in [0, 0.05) is 12.4 Å². The molecule has 0 saturated heterocycles. The largest absolute Gasteiger partial charge is 0.550 e. The van der Waals surface area contributed by atoms with Gasteiger partial charge in [0.2, 0.25) is 0 Å². The van der Waals surface area contributed by atoms with E-state index in [1.54, 1.807) is 0 Å². The molecule has 1 atom stereocenters.